The standard InChI is InChI=1S/C21H28N4O2/c1-16-8-6-9-17(14-16)19(24-21(22)27)15-20(26)23-12-7-13-25(2)18-10-4-3-5-11-18/h3-6,8-11,14,19H,7,12-13,15H2,1-2H3,(H,23,26)(H3,22,24,27)/t19-/m1/s1. The van der Waals surface area contributed by atoms with E-state index in [1.54, 1.807) is 0 Å². The van der Waals surface area contributed by atoms with E-state index < -0.39 is 12.1 Å². The van der Waals surface area contributed by atoms with Crippen molar-refractivity contribution in [1.29, 1.82) is 0 Å². The molecule has 2 rings (SSSR count). The number of primary amides is 1. The van der Waals surface area contributed by atoms with Crippen LogP contribution in [0.1, 0.15) is 30.0 Å². The Bertz CT molecular complexity index is 749. The maximum Gasteiger partial charge on any atom is 0.312 e. The fourth-order valence-electron chi connectivity index (χ4n) is 2.92. The SMILES string of the molecule is Cc1cccc([C@@H](CC(=O)NCCCN(C)c2ccccc2)NC(N)=O)c1. The molecule has 2 aromatic rings. The summed E-state index contributed by atoms with van der Waals surface area (Å²) in [5.41, 5.74) is 8.35. The third kappa shape index (κ3) is 7.01. The van der Waals surface area contributed by atoms with Crippen LogP contribution in [-0.4, -0.2) is 32.1 Å². The summed E-state index contributed by atoms with van der Waals surface area (Å²) in [5, 5.41) is 5.57. The number of carbonyl (C=O) groups excluding carboxylic acids is 2. The largest absolute Gasteiger partial charge is 0.375 e. The number of hydrogen-bond donors (Lipinski definition) is 3. The van der Waals surface area contributed by atoms with Gasteiger partial charge >= 0.3 is 6.03 Å². The highest BCUT2D eigenvalue weighted by Gasteiger charge is 2.17. The second-order valence-electron chi connectivity index (χ2n) is 6.64. The lowest BCUT2D eigenvalue weighted by Gasteiger charge is -2.20. The highest BCUT2D eigenvalue weighted by Crippen LogP contribution is 2.18. The van der Waals surface area contributed by atoms with Gasteiger partial charge in [-0.05, 0) is 31.0 Å². The van der Waals surface area contributed by atoms with E-state index in [9.17, 15) is 9.59 Å². The van der Waals surface area contributed by atoms with Crippen LogP contribution in [-0.2, 0) is 4.79 Å². The Morgan fingerprint density at radius 3 is 2.52 bits per heavy atom. The molecule has 0 heterocycles. The van der Waals surface area contributed by atoms with Crippen molar-refractivity contribution in [3.63, 3.8) is 0 Å². The summed E-state index contributed by atoms with van der Waals surface area (Å²) in [7, 11) is 2.03. The van der Waals surface area contributed by atoms with Crippen LogP contribution in [0.4, 0.5) is 10.5 Å². The predicted octanol–water partition coefficient (Wildman–Crippen LogP) is 2.74. The summed E-state index contributed by atoms with van der Waals surface area (Å²) in [6.45, 7) is 3.38. The third-order valence-corrected chi connectivity index (χ3v) is 4.34. The molecule has 0 aliphatic heterocycles. The molecular formula is C21H28N4O2. The van der Waals surface area contributed by atoms with E-state index in [-0.39, 0.29) is 12.3 Å². The molecule has 144 valence electrons. The molecular weight excluding hydrogens is 340 g/mol. The van der Waals surface area contributed by atoms with E-state index in [1.165, 1.54) is 0 Å². The van der Waals surface area contributed by atoms with E-state index in [1.807, 2.05) is 56.4 Å². The highest BCUT2D eigenvalue weighted by molar-refractivity contribution is 5.78. The van der Waals surface area contributed by atoms with E-state index in [0.29, 0.717) is 6.54 Å². The number of para-hydroxylation sites is 1. The maximum absolute atomic E-state index is 12.3. The first-order chi connectivity index (χ1) is 13.0. The number of nitrogens with two attached hydrogens (primary N) is 1. The summed E-state index contributed by atoms with van der Waals surface area (Å²) in [6.07, 6.45) is 0.983. The third-order valence-electron chi connectivity index (χ3n) is 4.34. The van der Waals surface area contributed by atoms with Crippen LogP contribution in [0.3, 0.4) is 0 Å². The second-order valence-corrected chi connectivity index (χ2v) is 6.64. The molecule has 2 aromatic carbocycles. The topological polar surface area (TPSA) is 87.5 Å². The molecule has 0 bridgehead atoms. The molecule has 6 nitrogen and oxygen atoms in total. The molecule has 0 aliphatic carbocycles. The molecule has 4 N–H and O–H groups in total. The van der Waals surface area contributed by atoms with Crippen molar-refractivity contribution in [1.82, 2.24) is 10.6 Å². The van der Waals surface area contributed by atoms with Crippen LogP contribution in [0.2, 0.25) is 0 Å². The summed E-state index contributed by atoms with van der Waals surface area (Å²) in [4.78, 5) is 25.7. The molecule has 0 aliphatic rings. The number of amides is 3. The number of urea groups is 1. The fraction of sp³-hybridized carbons (Fsp3) is 0.333. The van der Waals surface area contributed by atoms with Crippen molar-refractivity contribution in [2.45, 2.75) is 25.8 Å². The minimum atomic E-state index is -0.640. The van der Waals surface area contributed by atoms with Gasteiger partial charge in [-0.2, -0.15) is 0 Å². The fourth-order valence-corrected chi connectivity index (χ4v) is 2.92. The average Bonchev–Trinajstić information content (AvgIpc) is 2.65. The van der Waals surface area contributed by atoms with E-state index in [0.717, 1.165) is 29.8 Å². The number of anilines is 1. The van der Waals surface area contributed by atoms with Crippen molar-refractivity contribution >= 4 is 17.6 Å². The quantitative estimate of drug-likeness (QED) is 0.595. The van der Waals surface area contributed by atoms with Crippen molar-refractivity contribution in [3.8, 4) is 0 Å². The van der Waals surface area contributed by atoms with Crippen molar-refractivity contribution < 1.29 is 9.59 Å². The van der Waals surface area contributed by atoms with Crippen LogP contribution >= 0.6 is 0 Å². The minimum Gasteiger partial charge on any atom is -0.375 e. The van der Waals surface area contributed by atoms with Gasteiger partial charge in [0.25, 0.3) is 0 Å². The summed E-state index contributed by atoms with van der Waals surface area (Å²) < 4.78 is 0. The van der Waals surface area contributed by atoms with Gasteiger partial charge in [-0.3, -0.25) is 4.79 Å². The summed E-state index contributed by atoms with van der Waals surface area (Å²) >= 11 is 0. The van der Waals surface area contributed by atoms with Crippen LogP contribution in [0, 0.1) is 6.92 Å². The van der Waals surface area contributed by atoms with E-state index >= 15 is 0 Å². The van der Waals surface area contributed by atoms with Gasteiger partial charge in [0.15, 0.2) is 0 Å². The summed E-state index contributed by atoms with van der Waals surface area (Å²) in [5.74, 6) is -0.113. The van der Waals surface area contributed by atoms with Gasteiger partial charge in [0.1, 0.15) is 0 Å². The molecule has 0 spiro atoms. The first kappa shape index (κ1) is 20.3. The molecule has 27 heavy (non-hydrogen) atoms. The highest BCUT2D eigenvalue weighted by atomic mass is 16.2. The molecule has 0 saturated heterocycles. The lowest BCUT2D eigenvalue weighted by atomic mass is 10.0. The first-order valence-electron chi connectivity index (χ1n) is 9.11. The van der Waals surface area contributed by atoms with Gasteiger partial charge in [0, 0.05) is 25.8 Å². The number of benzene rings is 2. The normalized spacial score (nSPS) is 11.5. The number of hydrogen-bond acceptors (Lipinski definition) is 3. The van der Waals surface area contributed by atoms with Gasteiger partial charge in [-0.25, -0.2) is 4.79 Å². The number of aryl methyl sites for hydroxylation is 1. The first-order valence-corrected chi connectivity index (χ1v) is 9.11. The van der Waals surface area contributed by atoms with Gasteiger partial charge < -0.3 is 21.3 Å². The zero-order valence-electron chi connectivity index (χ0n) is 15.9. The Morgan fingerprint density at radius 1 is 1.11 bits per heavy atom. The van der Waals surface area contributed by atoms with Gasteiger partial charge in [-0.15, -0.1) is 0 Å². The minimum absolute atomic E-state index is 0.113. The van der Waals surface area contributed by atoms with E-state index in [4.69, 9.17) is 5.73 Å². The molecule has 0 aromatic heterocycles. The smallest absolute Gasteiger partial charge is 0.312 e. The molecule has 6 heteroatoms. The Kier molecular flexibility index (Phi) is 7.67. The molecule has 0 fully saturated rings. The summed E-state index contributed by atoms with van der Waals surface area (Å²) in [6, 6.07) is 16.7. The second kappa shape index (κ2) is 10.2. The van der Waals surface area contributed by atoms with Crippen LogP contribution in [0.25, 0.3) is 0 Å². The zero-order valence-corrected chi connectivity index (χ0v) is 15.9. The van der Waals surface area contributed by atoms with Gasteiger partial charge in [-0.1, -0.05) is 48.0 Å². The molecule has 0 radical (unpaired) electrons. The Hall–Kier alpha value is -3.02. The van der Waals surface area contributed by atoms with Crippen LogP contribution in [0.5, 0.6) is 0 Å². The van der Waals surface area contributed by atoms with Crippen LogP contribution < -0.4 is 21.3 Å². The van der Waals surface area contributed by atoms with Gasteiger partial charge in [0.05, 0.1) is 12.5 Å². The molecule has 0 unspecified atom stereocenters. The number of rotatable bonds is 9. The molecule has 0 saturated carbocycles. The Balaban J connectivity index is 1.80. The van der Waals surface area contributed by atoms with Crippen molar-refractivity contribution in [3.05, 3.63) is 65.7 Å². The van der Waals surface area contributed by atoms with E-state index in [2.05, 4.69) is 27.7 Å². The lowest BCUT2D eigenvalue weighted by Crippen LogP contribution is -2.37. The Morgan fingerprint density at radius 2 is 1.85 bits per heavy atom. The van der Waals surface area contributed by atoms with Crippen LogP contribution in [0.15, 0.2) is 54.6 Å². The maximum atomic E-state index is 12.3. The lowest BCUT2D eigenvalue weighted by molar-refractivity contribution is -0.121. The number of nitrogens with one attached hydrogen (secondary N) is 2. The average molecular weight is 368 g/mol. The molecule has 1 atom stereocenters. The molecule has 3 amide bonds. The zero-order chi connectivity index (χ0) is 19.6. The monoisotopic (exact) mass is 368 g/mol. The van der Waals surface area contributed by atoms with Gasteiger partial charge in [0.2, 0.25) is 5.91 Å². The number of nitrogens with zero attached hydrogens (tertiary/aromatic N) is 1. The van der Waals surface area contributed by atoms with Crippen molar-refractivity contribution in [2.24, 2.45) is 5.73 Å². The Labute approximate surface area is 160 Å². The van der Waals surface area contributed by atoms with Crippen molar-refractivity contribution in [2.75, 3.05) is 25.0 Å². The number of carbonyl (C=O) groups is 2. The predicted molar refractivity (Wildman–Crippen MR) is 109 cm³/mol.